The lowest BCUT2D eigenvalue weighted by molar-refractivity contribution is 0.0948. The van der Waals surface area contributed by atoms with Crippen LogP contribution >= 0.6 is 11.8 Å². The second-order valence-electron chi connectivity index (χ2n) is 6.45. The van der Waals surface area contributed by atoms with Crippen molar-refractivity contribution in [3.8, 4) is 5.75 Å². The third kappa shape index (κ3) is 5.23. The molecule has 3 aromatic rings. The zero-order valence-corrected chi connectivity index (χ0v) is 17.3. The van der Waals surface area contributed by atoms with Crippen molar-refractivity contribution in [3.05, 3.63) is 71.0 Å². The molecule has 0 saturated heterocycles. The van der Waals surface area contributed by atoms with Gasteiger partial charge in [-0.3, -0.25) is 9.59 Å². The number of methoxy groups -OCH3 is 1. The van der Waals surface area contributed by atoms with Crippen molar-refractivity contribution in [2.75, 3.05) is 12.9 Å². The Kier molecular flexibility index (Phi) is 6.66. The van der Waals surface area contributed by atoms with Gasteiger partial charge in [-0.25, -0.2) is 0 Å². The fourth-order valence-electron chi connectivity index (χ4n) is 2.66. The summed E-state index contributed by atoms with van der Waals surface area (Å²) in [4.78, 5) is 24.6. The number of nitrogens with zero attached hydrogens (tertiary/aromatic N) is 3. The van der Waals surface area contributed by atoms with E-state index in [0.717, 1.165) is 5.56 Å². The van der Waals surface area contributed by atoms with Crippen molar-refractivity contribution >= 4 is 23.5 Å². The highest BCUT2D eigenvalue weighted by atomic mass is 32.2. The predicted molar refractivity (Wildman–Crippen MR) is 111 cm³/mol. The van der Waals surface area contributed by atoms with Crippen LogP contribution in [-0.2, 0) is 13.6 Å². The van der Waals surface area contributed by atoms with Crippen molar-refractivity contribution in [2.24, 2.45) is 7.05 Å². The Labute approximate surface area is 173 Å². The number of rotatable bonds is 8. The van der Waals surface area contributed by atoms with Crippen molar-refractivity contribution in [3.63, 3.8) is 0 Å². The van der Waals surface area contributed by atoms with E-state index in [9.17, 15) is 9.59 Å². The number of nitrogens with one attached hydrogen (secondary N) is 1. The quantitative estimate of drug-likeness (QED) is 0.454. The highest BCUT2D eigenvalue weighted by Gasteiger charge is 2.14. The van der Waals surface area contributed by atoms with Gasteiger partial charge in [0.2, 0.25) is 0 Å². The van der Waals surface area contributed by atoms with Crippen LogP contribution in [0.2, 0.25) is 0 Å². The fraction of sp³-hybridized carbons (Fsp3) is 0.238. The molecule has 7 nitrogen and oxygen atoms in total. The number of ketones is 1. The number of amides is 1. The molecular weight excluding hydrogens is 388 g/mol. The van der Waals surface area contributed by atoms with Crippen LogP contribution in [0.25, 0.3) is 0 Å². The Balaban J connectivity index is 1.56. The smallest absolute Gasteiger partial charge is 0.251 e. The van der Waals surface area contributed by atoms with E-state index < -0.39 is 0 Å². The van der Waals surface area contributed by atoms with Crippen LogP contribution in [0.3, 0.4) is 0 Å². The Morgan fingerprint density at radius 2 is 1.86 bits per heavy atom. The largest absolute Gasteiger partial charge is 0.497 e. The van der Waals surface area contributed by atoms with Gasteiger partial charge in [0.15, 0.2) is 16.8 Å². The summed E-state index contributed by atoms with van der Waals surface area (Å²) < 4.78 is 6.88. The summed E-state index contributed by atoms with van der Waals surface area (Å²) in [5.74, 6) is 1.40. The normalized spacial score (nSPS) is 10.6. The molecule has 1 N–H and O–H groups in total. The molecule has 0 aliphatic heterocycles. The molecule has 0 bridgehead atoms. The Morgan fingerprint density at radius 3 is 2.55 bits per heavy atom. The number of benzene rings is 2. The van der Waals surface area contributed by atoms with Crippen LogP contribution in [0.5, 0.6) is 5.75 Å². The van der Waals surface area contributed by atoms with Gasteiger partial charge in [0.05, 0.1) is 19.4 Å². The number of thioether (sulfide) groups is 1. The molecule has 0 radical (unpaired) electrons. The zero-order valence-electron chi connectivity index (χ0n) is 16.5. The summed E-state index contributed by atoms with van der Waals surface area (Å²) in [6.07, 6.45) is 0. The van der Waals surface area contributed by atoms with Crippen molar-refractivity contribution in [2.45, 2.75) is 18.6 Å². The average molecular weight is 410 g/mol. The lowest BCUT2D eigenvalue weighted by Crippen LogP contribution is -2.24. The van der Waals surface area contributed by atoms with Crippen molar-refractivity contribution in [1.29, 1.82) is 0 Å². The molecule has 1 amide bonds. The first kappa shape index (κ1) is 20.6. The molecule has 1 heterocycles. The summed E-state index contributed by atoms with van der Waals surface area (Å²) in [5.41, 5.74) is 2.24. The molecule has 2 aromatic carbocycles. The third-order valence-electron chi connectivity index (χ3n) is 4.36. The van der Waals surface area contributed by atoms with Gasteiger partial charge < -0.3 is 14.6 Å². The second kappa shape index (κ2) is 9.38. The highest BCUT2D eigenvalue weighted by Crippen LogP contribution is 2.19. The van der Waals surface area contributed by atoms with Crippen LogP contribution in [-0.4, -0.2) is 39.3 Å². The van der Waals surface area contributed by atoms with E-state index in [1.807, 2.05) is 32.2 Å². The minimum Gasteiger partial charge on any atom is -0.497 e. The molecule has 0 spiro atoms. The molecule has 1 aromatic heterocycles. The van der Waals surface area contributed by atoms with Gasteiger partial charge >= 0.3 is 0 Å². The first-order valence-electron chi connectivity index (χ1n) is 9.01. The van der Waals surface area contributed by atoms with E-state index in [-0.39, 0.29) is 24.0 Å². The number of carbonyl (C=O) groups excluding carboxylic acids is 2. The molecule has 0 fully saturated rings. The maximum Gasteiger partial charge on any atom is 0.251 e. The average Bonchev–Trinajstić information content (AvgIpc) is 3.09. The van der Waals surface area contributed by atoms with Crippen LogP contribution in [0, 0.1) is 6.92 Å². The fourth-order valence-corrected chi connectivity index (χ4v) is 3.49. The topological polar surface area (TPSA) is 86.1 Å². The molecule has 150 valence electrons. The Morgan fingerprint density at radius 1 is 1.10 bits per heavy atom. The number of ether oxygens (including phenoxy) is 1. The summed E-state index contributed by atoms with van der Waals surface area (Å²) in [7, 11) is 3.40. The molecule has 0 aliphatic carbocycles. The van der Waals surface area contributed by atoms with Crippen LogP contribution in [0.15, 0.2) is 53.7 Å². The molecular formula is C21H22N4O3S. The van der Waals surface area contributed by atoms with E-state index in [0.29, 0.717) is 27.9 Å². The van der Waals surface area contributed by atoms with E-state index in [1.165, 1.54) is 11.8 Å². The Bertz CT molecular complexity index is 1020. The van der Waals surface area contributed by atoms with Crippen LogP contribution in [0.4, 0.5) is 0 Å². The second-order valence-corrected chi connectivity index (χ2v) is 7.39. The van der Waals surface area contributed by atoms with E-state index in [1.54, 1.807) is 42.0 Å². The maximum atomic E-state index is 12.4. The Hall–Kier alpha value is -3.13. The standard InChI is InChI=1S/C21H22N4O3S/c1-14-5-4-6-16(11-14)20(27)22-12-19-23-24-21(25(19)2)29-13-18(26)15-7-9-17(28-3)10-8-15/h4-11H,12-13H2,1-3H3,(H,22,27). The molecule has 0 unspecified atom stereocenters. The number of Topliss-reactive ketones (excluding diaryl/α,β-unsaturated/α-hetero) is 1. The van der Waals surface area contributed by atoms with Gasteiger partial charge in [0.25, 0.3) is 5.91 Å². The molecule has 0 aliphatic rings. The van der Waals surface area contributed by atoms with Gasteiger partial charge in [-0.1, -0.05) is 29.5 Å². The molecule has 29 heavy (non-hydrogen) atoms. The van der Waals surface area contributed by atoms with Gasteiger partial charge in [0.1, 0.15) is 5.75 Å². The molecule has 0 atom stereocenters. The van der Waals surface area contributed by atoms with E-state index in [2.05, 4.69) is 15.5 Å². The number of aryl methyl sites for hydroxylation is 1. The predicted octanol–water partition coefficient (Wildman–Crippen LogP) is 3.04. The molecule has 3 rings (SSSR count). The van der Waals surface area contributed by atoms with E-state index in [4.69, 9.17) is 4.74 Å². The summed E-state index contributed by atoms with van der Waals surface area (Å²) in [6, 6.07) is 14.4. The van der Waals surface area contributed by atoms with Crippen LogP contribution in [0.1, 0.15) is 32.1 Å². The lowest BCUT2D eigenvalue weighted by atomic mass is 10.1. The minimum atomic E-state index is -0.166. The first-order valence-corrected chi connectivity index (χ1v) is 9.99. The number of hydrogen-bond acceptors (Lipinski definition) is 6. The highest BCUT2D eigenvalue weighted by molar-refractivity contribution is 7.99. The number of aromatic nitrogens is 3. The summed E-state index contributed by atoms with van der Waals surface area (Å²) in [5, 5.41) is 11.7. The van der Waals surface area contributed by atoms with Gasteiger partial charge in [0, 0.05) is 18.2 Å². The van der Waals surface area contributed by atoms with Crippen molar-refractivity contribution < 1.29 is 14.3 Å². The van der Waals surface area contributed by atoms with Crippen LogP contribution < -0.4 is 10.1 Å². The first-order chi connectivity index (χ1) is 14.0. The zero-order chi connectivity index (χ0) is 20.8. The van der Waals surface area contributed by atoms with Gasteiger partial charge in [-0.05, 0) is 43.3 Å². The number of carbonyl (C=O) groups is 2. The van der Waals surface area contributed by atoms with Gasteiger partial charge in [-0.15, -0.1) is 10.2 Å². The SMILES string of the molecule is COc1ccc(C(=O)CSc2nnc(CNC(=O)c3cccc(C)c3)n2C)cc1. The monoisotopic (exact) mass is 410 g/mol. The van der Waals surface area contributed by atoms with Crippen molar-refractivity contribution in [1.82, 2.24) is 20.1 Å². The molecule has 8 heteroatoms. The number of hydrogen-bond donors (Lipinski definition) is 1. The maximum absolute atomic E-state index is 12.4. The third-order valence-corrected chi connectivity index (χ3v) is 5.38. The lowest BCUT2D eigenvalue weighted by Gasteiger charge is -2.07. The van der Waals surface area contributed by atoms with Gasteiger partial charge in [-0.2, -0.15) is 0 Å². The minimum absolute atomic E-state index is 0.00467. The molecule has 0 saturated carbocycles. The summed E-state index contributed by atoms with van der Waals surface area (Å²) >= 11 is 1.31. The summed E-state index contributed by atoms with van der Waals surface area (Å²) in [6.45, 7) is 2.19. The van der Waals surface area contributed by atoms with E-state index >= 15 is 0 Å².